The summed E-state index contributed by atoms with van der Waals surface area (Å²) in [5, 5.41) is 195. The predicted octanol–water partition coefficient (Wildman–Crippen LogP) is -5.71. The van der Waals surface area contributed by atoms with Gasteiger partial charge in [0.25, 0.3) is 0 Å². The van der Waals surface area contributed by atoms with Gasteiger partial charge in [-0.05, 0) is 111 Å². The van der Waals surface area contributed by atoms with Crippen LogP contribution < -0.4 is 0 Å². The van der Waals surface area contributed by atoms with E-state index in [1.54, 1.807) is 6.92 Å². The van der Waals surface area contributed by atoms with Crippen molar-refractivity contribution in [3.63, 3.8) is 0 Å². The smallest absolute Gasteiger partial charge is 0.317 e. The van der Waals surface area contributed by atoms with Gasteiger partial charge in [-0.2, -0.15) is 0 Å². The number of aliphatic hydroxyl groups is 18. The Bertz CT molecular complexity index is 2540. The largest absolute Gasteiger partial charge is 0.432 e. The Balaban J connectivity index is 0.942. The lowest BCUT2D eigenvalue weighted by atomic mass is 9.33. The Morgan fingerprint density at radius 3 is 1.53 bits per heavy atom. The van der Waals surface area contributed by atoms with Crippen molar-refractivity contribution in [2.24, 2.45) is 50.2 Å². The van der Waals surface area contributed by atoms with Crippen molar-refractivity contribution < 1.29 is 149 Å². The standard InChI is InChI=1S/C60H96O30/c1-55(2)13-15-60(16-14-57(4)23(24(60)17-55)7-8-30-56(3)11-10-32(65)59(6,31(56)9-12-58(30,57)5)53(79)89-50-44(77)40(73)35(68)27(20-63)84-50)54(80)90-51-45(78)46(37(70)29(86-51)22-81-48-42(75)38(71)33(66)25(18-61)82-48)87-52-47(41(74)36(69)28(21-64)85-52)88-49-43(76)39(72)34(67)26(19-62)83-49/h7,24-52,61-78H,8-22H2,1-6H3. The minimum absolute atomic E-state index is 0.0934. The highest BCUT2D eigenvalue weighted by atomic mass is 16.8. The maximum atomic E-state index is 15.7. The van der Waals surface area contributed by atoms with Crippen LogP contribution in [0.2, 0.25) is 0 Å². The first kappa shape index (κ1) is 70.4. The monoisotopic (exact) mass is 1300 g/mol. The number of esters is 2. The summed E-state index contributed by atoms with van der Waals surface area (Å²) in [6.45, 7) is 8.26. The Morgan fingerprint density at radius 2 is 0.944 bits per heavy atom. The topological polar surface area (TPSA) is 491 Å². The van der Waals surface area contributed by atoms with Gasteiger partial charge in [0.05, 0.1) is 50.0 Å². The van der Waals surface area contributed by atoms with Crippen LogP contribution in [0.5, 0.6) is 0 Å². The highest BCUT2D eigenvalue weighted by Gasteiger charge is 2.72. The fourth-order valence-corrected chi connectivity index (χ4v) is 17.7. The SMILES string of the molecule is CC1(C)CCC2(C(=O)OC3OC(COC4OC(CO)C(O)C(O)C4O)C(O)C(OC4OC(CO)C(O)C(O)C4OC4OC(CO)C(O)C(O)C4O)C3O)CCC3(C)C(=CCC4C5(C)CCC(O)C(C)(C(=O)OC6OC(CO)C(O)C(O)C6O)C5CCC43C)C2C1. The molecule has 30 nitrogen and oxygen atoms in total. The molecule has 10 aliphatic rings. The van der Waals surface area contributed by atoms with E-state index in [-0.39, 0.29) is 24.2 Å². The maximum absolute atomic E-state index is 15.7. The number of ether oxygens (including phenoxy) is 10. The van der Waals surface area contributed by atoms with Crippen LogP contribution >= 0.6 is 0 Å². The zero-order valence-electron chi connectivity index (χ0n) is 51.4. The average Bonchev–Trinajstić information content (AvgIpc) is 0.676. The average molecular weight is 1300 g/mol. The molecule has 0 radical (unpaired) electrons. The fraction of sp³-hybridized carbons (Fsp3) is 0.933. The number of hydrogen-bond donors (Lipinski definition) is 18. The third-order valence-electron chi connectivity index (χ3n) is 23.6. The molecule has 5 saturated heterocycles. The molecule has 0 aromatic rings. The Labute approximate surface area is 519 Å². The van der Waals surface area contributed by atoms with Gasteiger partial charge in [0, 0.05) is 0 Å². The molecule has 18 N–H and O–H groups in total. The van der Waals surface area contributed by atoms with Gasteiger partial charge >= 0.3 is 11.9 Å². The molecule has 30 heteroatoms. The second-order valence-corrected chi connectivity index (χ2v) is 28.9. The molecule has 4 saturated carbocycles. The summed E-state index contributed by atoms with van der Waals surface area (Å²) in [5.74, 6) is -2.67. The quantitative estimate of drug-likeness (QED) is 0.0537. The van der Waals surface area contributed by atoms with Gasteiger partial charge in [0.2, 0.25) is 12.6 Å². The molecule has 5 aliphatic heterocycles. The van der Waals surface area contributed by atoms with Crippen molar-refractivity contribution in [2.75, 3.05) is 33.0 Å². The summed E-state index contributed by atoms with van der Waals surface area (Å²) in [7, 11) is 0. The summed E-state index contributed by atoms with van der Waals surface area (Å²) < 4.78 is 58.8. The minimum atomic E-state index is -2.18. The lowest BCUT2D eigenvalue weighted by molar-refractivity contribution is -0.389. The zero-order valence-corrected chi connectivity index (χ0v) is 51.4. The molecule has 0 aromatic heterocycles. The fourth-order valence-electron chi connectivity index (χ4n) is 17.7. The summed E-state index contributed by atoms with van der Waals surface area (Å²) in [5.41, 5.74) is -3.75. The normalized spacial score (nSPS) is 53.6. The van der Waals surface area contributed by atoms with Crippen molar-refractivity contribution in [1.82, 2.24) is 0 Å². The van der Waals surface area contributed by atoms with Crippen LogP contribution in [-0.2, 0) is 57.0 Å². The highest BCUT2D eigenvalue weighted by molar-refractivity contribution is 5.79. The number of allylic oxidation sites excluding steroid dienone is 2. The van der Waals surface area contributed by atoms with Crippen molar-refractivity contribution in [3.8, 4) is 0 Å². The summed E-state index contributed by atoms with van der Waals surface area (Å²) >= 11 is 0. The number of rotatable bonds is 15. The van der Waals surface area contributed by atoms with Crippen LogP contribution in [0.25, 0.3) is 0 Å². The second-order valence-electron chi connectivity index (χ2n) is 28.9. The third kappa shape index (κ3) is 11.6. The first-order valence-corrected chi connectivity index (χ1v) is 31.5. The number of aliphatic hydroxyl groups excluding tert-OH is 18. The third-order valence-corrected chi connectivity index (χ3v) is 23.6. The number of carbonyl (C=O) groups is 2. The summed E-state index contributed by atoms with van der Waals surface area (Å²) in [4.78, 5) is 30.3. The molecule has 10 rings (SSSR count). The van der Waals surface area contributed by atoms with Crippen LogP contribution in [0.1, 0.15) is 106 Å². The van der Waals surface area contributed by atoms with E-state index in [1.165, 1.54) is 0 Å². The molecule has 9 fully saturated rings. The van der Waals surface area contributed by atoms with Gasteiger partial charge in [-0.25, -0.2) is 0 Å². The maximum Gasteiger partial charge on any atom is 0.317 e. The van der Waals surface area contributed by atoms with Gasteiger partial charge < -0.3 is 139 Å². The van der Waals surface area contributed by atoms with Crippen molar-refractivity contribution in [2.45, 2.75) is 265 Å². The molecular weight excluding hydrogens is 1200 g/mol. The number of carbonyl (C=O) groups excluding carboxylic acids is 2. The van der Waals surface area contributed by atoms with E-state index in [0.717, 1.165) is 5.57 Å². The molecular formula is C60H96O30. The Morgan fingerprint density at radius 1 is 0.467 bits per heavy atom. The van der Waals surface area contributed by atoms with Crippen LogP contribution in [0, 0.1) is 50.2 Å². The van der Waals surface area contributed by atoms with Crippen molar-refractivity contribution >= 4 is 11.9 Å². The minimum Gasteiger partial charge on any atom is -0.432 e. The molecule has 0 bridgehead atoms. The van der Waals surface area contributed by atoms with E-state index < -0.39 is 244 Å². The van der Waals surface area contributed by atoms with E-state index in [0.29, 0.717) is 51.4 Å². The molecule has 34 atom stereocenters. The van der Waals surface area contributed by atoms with E-state index in [9.17, 15) is 96.7 Å². The van der Waals surface area contributed by atoms with E-state index in [2.05, 4.69) is 40.7 Å². The van der Waals surface area contributed by atoms with Gasteiger partial charge in [-0.3, -0.25) is 9.59 Å². The van der Waals surface area contributed by atoms with E-state index in [4.69, 9.17) is 47.4 Å². The number of hydrogen-bond acceptors (Lipinski definition) is 30. The lowest BCUT2D eigenvalue weighted by Gasteiger charge is -2.71. The van der Waals surface area contributed by atoms with Gasteiger partial charge in [-0.1, -0.05) is 46.3 Å². The first-order chi connectivity index (χ1) is 42.2. The van der Waals surface area contributed by atoms with Crippen LogP contribution in [0.3, 0.4) is 0 Å². The van der Waals surface area contributed by atoms with Gasteiger partial charge in [-0.15, -0.1) is 0 Å². The first-order valence-electron chi connectivity index (χ1n) is 31.5. The molecule has 0 amide bonds. The van der Waals surface area contributed by atoms with E-state index in [1.807, 2.05) is 0 Å². The number of fused-ring (bicyclic) bond motifs is 7. The molecule has 516 valence electrons. The van der Waals surface area contributed by atoms with Crippen LogP contribution in [0.15, 0.2) is 11.6 Å². The summed E-state index contributed by atoms with van der Waals surface area (Å²) in [6, 6.07) is 0. The Hall–Kier alpha value is -2.36. The van der Waals surface area contributed by atoms with Crippen molar-refractivity contribution in [1.29, 1.82) is 0 Å². The summed E-state index contributed by atoms with van der Waals surface area (Å²) in [6.07, 6.45) is -41.0. The lowest BCUT2D eigenvalue weighted by Crippen LogP contribution is -2.68. The zero-order chi connectivity index (χ0) is 65.9. The van der Waals surface area contributed by atoms with Crippen LogP contribution in [-0.4, -0.2) is 297 Å². The highest BCUT2D eigenvalue weighted by Crippen LogP contribution is 2.76. The Kier molecular flexibility index (Phi) is 20.5. The molecule has 5 heterocycles. The van der Waals surface area contributed by atoms with Crippen LogP contribution in [0.4, 0.5) is 0 Å². The molecule has 34 unspecified atom stereocenters. The van der Waals surface area contributed by atoms with Gasteiger partial charge in [0.15, 0.2) is 18.9 Å². The molecule has 5 aliphatic carbocycles. The molecule has 0 spiro atoms. The molecule has 90 heavy (non-hydrogen) atoms. The van der Waals surface area contributed by atoms with Gasteiger partial charge in [0.1, 0.15) is 122 Å². The molecule has 0 aromatic carbocycles. The second kappa shape index (κ2) is 26.2. The predicted molar refractivity (Wildman–Crippen MR) is 297 cm³/mol. The van der Waals surface area contributed by atoms with Crippen molar-refractivity contribution in [3.05, 3.63) is 11.6 Å². The van der Waals surface area contributed by atoms with E-state index >= 15 is 4.79 Å².